The first-order valence-electron chi connectivity index (χ1n) is 5.39. The van der Waals surface area contributed by atoms with Gasteiger partial charge in [-0.2, -0.15) is 0 Å². The van der Waals surface area contributed by atoms with Crippen LogP contribution in [0.1, 0.15) is 18.5 Å². The Balaban J connectivity index is 2.18. The molecule has 0 spiro atoms. The zero-order valence-corrected chi connectivity index (χ0v) is 14.1. The average molecular weight is 438 g/mol. The summed E-state index contributed by atoms with van der Waals surface area (Å²) in [5, 5.41) is 3.84. The average Bonchev–Trinajstić information content (AvgIpc) is 2.34. The maximum absolute atomic E-state index is 6.06. The lowest BCUT2D eigenvalue weighted by molar-refractivity contribution is 0.882. The van der Waals surface area contributed by atoms with Crippen LogP contribution in [0.25, 0.3) is 0 Å². The molecule has 1 aromatic heterocycles. The molecule has 2 rings (SSSR count). The molecule has 0 aliphatic rings. The summed E-state index contributed by atoms with van der Waals surface area (Å²) in [6.45, 7) is 2.10. The maximum atomic E-state index is 6.06. The second-order valence-electron chi connectivity index (χ2n) is 3.91. The van der Waals surface area contributed by atoms with Crippen LogP contribution in [0, 0.1) is 3.57 Å². The van der Waals surface area contributed by atoms with E-state index < -0.39 is 0 Å². The smallest absolute Gasteiger partial charge is 0.152 e. The lowest BCUT2D eigenvalue weighted by atomic mass is 10.1. The molecule has 1 unspecified atom stereocenters. The first-order chi connectivity index (χ1) is 8.56. The lowest BCUT2D eigenvalue weighted by Gasteiger charge is -2.16. The number of pyridine rings is 1. The molecule has 0 saturated carbocycles. The molecular formula is C13H11BrClIN2. The molecule has 0 bridgehead atoms. The predicted octanol–water partition coefficient (Wildman–Crippen LogP) is 5.28. The lowest BCUT2D eigenvalue weighted by Crippen LogP contribution is -2.07. The number of rotatable bonds is 3. The number of aromatic nitrogens is 1. The SMILES string of the molecule is CC(Nc1cc(Br)cnc1Cl)c1ccc(I)cc1. The van der Waals surface area contributed by atoms with Crippen molar-refractivity contribution in [3.63, 3.8) is 0 Å². The number of nitrogens with zero attached hydrogens (tertiary/aromatic N) is 1. The summed E-state index contributed by atoms with van der Waals surface area (Å²) < 4.78 is 2.13. The van der Waals surface area contributed by atoms with Gasteiger partial charge >= 0.3 is 0 Å². The molecule has 5 heteroatoms. The summed E-state index contributed by atoms with van der Waals surface area (Å²) in [6.07, 6.45) is 1.68. The molecule has 1 heterocycles. The topological polar surface area (TPSA) is 24.9 Å². The molecule has 0 aliphatic heterocycles. The molecule has 0 aliphatic carbocycles. The van der Waals surface area contributed by atoms with E-state index in [1.165, 1.54) is 9.13 Å². The minimum absolute atomic E-state index is 0.176. The summed E-state index contributed by atoms with van der Waals surface area (Å²) in [6, 6.07) is 10.5. The van der Waals surface area contributed by atoms with E-state index in [-0.39, 0.29) is 6.04 Å². The van der Waals surface area contributed by atoms with Gasteiger partial charge in [0.1, 0.15) is 0 Å². The Bertz CT molecular complexity index is 545. The van der Waals surface area contributed by atoms with Crippen molar-refractivity contribution >= 4 is 55.8 Å². The minimum Gasteiger partial charge on any atom is -0.376 e. The number of nitrogens with one attached hydrogen (secondary N) is 1. The van der Waals surface area contributed by atoms with E-state index in [2.05, 4.69) is 80.0 Å². The Labute approximate surface area is 133 Å². The van der Waals surface area contributed by atoms with E-state index >= 15 is 0 Å². The van der Waals surface area contributed by atoms with Crippen molar-refractivity contribution in [3.8, 4) is 0 Å². The van der Waals surface area contributed by atoms with Gasteiger partial charge in [0.15, 0.2) is 5.15 Å². The van der Waals surface area contributed by atoms with Crippen LogP contribution in [0.3, 0.4) is 0 Å². The maximum Gasteiger partial charge on any atom is 0.152 e. The molecule has 0 fully saturated rings. The van der Waals surface area contributed by atoms with Crippen LogP contribution >= 0.6 is 50.1 Å². The van der Waals surface area contributed by atoms with E-state index in [0.29, 0.717) is 5.15 Å². The second kappa shape index (κ2) is 6.21. The monoisotopic (exact) mass is 436 g/mol. The van der Waals surface area contributed by atoms with E-state index in [0.717, 1.165) is 10.2 Å². The van der Waals surface area contributed by atoms with Gasteiger partial charge in [0, 0.05) is 20.3 Å². The summed E-state index contributed by atoms with van der Waals surface area (Å²) in [4.78, 5) is 4.09. The molecule has 0 saturated heterocycles. The van der Waals surface area contributed by atoms with Crippen LogP contribution in [0.4, 0.5) is 5.69 Å². The molecule has 2 nitrogen and oxygen atoms in total. The van der Waals surface area contributed by atoms with Crippen molar-refractivity contribution in [1.29, 1.82) is 0 Å². The molecule has 2 aromatic rings. The highest BCUT2D eigenvalue weighted by Crippen LogP contribution is 2.27. The Morgan fingerprint density at radius 3 is 2.67 bits per heavy atom. The van der Waals surface area contributed by atoms with Crippen LogP contribution < -0.4 is 5.32 Å². The fraction of sp³-hybridized carbons (Fsp3) is 0.154. The van der Waals surface area contributed by atoms with Gasteiger partial charge in [0.05, 0.1) is 5.69 Å². The van der Waals surface area contributed by atoms with Crippen LogP contribution in [0.2, 0.25) is 5.15 Å². The first kappa shape index (κ1) is 14.1. The summed E-state index contributed by atoms with van der Waals surface area (Å²) in [5.41, 5.74) is 2.04. The van der Waals surface area contributed by atoms with E-state index in [1.54, 1.807) is 6.20 Å². The third-order valence-corrected chi connectivity index (χ3v) is 4.00. The standard InChI is InChI=1S/C13H11BrClIN2/c1-8(9-2-4-11(16)5-3-9)18-12-6-10(14)7-17-13(12)15/h2-8,18H,1H3. The summed E-state index contributed by atoms with van der Waals surface area (Å²) in [5.74, 6) is 0. The minimum atomic E-state index is 0.176. The van der Waals surface area contributed by atoms with E-state index in [9.17, 15) is 0 Å². The van der Waals surface area contributed by atoms with Gasteiger partial charge in [0.25, 0.3) is 0 Å². The van der Waals surface area contributed by atoms with Crippen LogP contribution in [-0.4, -0.2) is 4.98 Å². The van der Waals surface area contributed by atoms with Gasteiger partial charge in [-0.25, -0.2) is 4.98 Å². The largest absolute Gasteiger partial charge is 0.376 e. The summed E-state index contributed by atoms with van der Waals surface area (Å²) >= 11 is 11.7. The molecule has 94 valence electrons. The number of hydrogen-bond acceptors (Lipinski definition) is 2. The molecule has 1 aromatic carbocycles. The predicted molar refractivity (Wildman–Crippen MR) is 88.1 cm³/mol. The highest BCUT2D eigenvalue weighted by atomic mass is 127. The van der Waals surface area contributed by atoms with Gasteiger partial charge in [-0.3, -0.25) is 0 Å². The van der Waals surface area contributed by atoms with Crippen molar-refractivity contribution in [2.75, 3.05) is 5.32 Å². The zero-order chi connectivity index (χ0) is 13.1. The van der Waals surface area contributed by atoms with Crippen molar-refractivity contribution in [1.82, 2.24) is 4.98 Å². The number of halogens is 3. The Morgan fingerprint density at radius 2 is 2.00 bits per heavy atom. The second-order valence-corrected chi connectivity index (χ2v) is 6.43. The zero-order valence-electron chi connectivity index (χ0n) is 9.62. The normalized spacial score (nSPS) is 12.2. The number of anilines is 1. The van der Waals surface area contributed by atoms with Gasteiger partial charge in [-0.15, -0.1) is 0 Å². The Hall–Kier alpha value is -0.330. The van der Waals surface area contributed by atoms with Gasteiger partial charge in [-0.1, -0.05) is 23.7 Å². The highest BCUT2D eigenvalue weighted by molar-refractivity contribution is 14.1. The third kappa shape index (κ3) is 3.59. The molecule has 1 atom stereocenters. The molecule has 1 N–H and O–H groups in total. The van der Waals surface area contributed by atoms with Crippen LogP contribution in [-0.2, 0) is 0 Å². The fourth-order valence-corrected chi connectivity index (χ4v) is 2.44. The van der Waals surface area contributed by atoms with Crippen molar-refractivity contribution < 1.29 is 0 Å². The molecular weight excluding hydrogens is 426 g/mol. The van der Waals surface area contributed by atoms with Gasteiger partial charge < -0.3 is 5.32 Å². The van der Waals surface area contributed by atoms with Gasteiger partial charge in [0.2, 0.25) is 0 Å². The summed E-state index contributed by atoms with van der Waals surface area (Å²) in [7, 11) is 0. The van der Waals surface area contributed by atoms with Crippen molar-refractivity contribution in [3.05, 3.63) is 55.3 Å². The van der Waals surface area contributed by atoms with Gasteiger partial charge in [-0.05, 0) is 69.2 Å². The number of benzene rings is 1. The molecule has 0 amide bonds. The first-order valence-corrected chi connectivity index (χ1v) is 7.64. The van der Waals surface area contributed by atoms with E-state index in [1.807, 2.05) is 6.07 Å². The van der Waals surface area contributed by atoms with Crippen LogP contribution in [0.15, 0.2) is 41.0 Å². The Kier molecular flexibility index (Phi) is 4.86. The fourth-order valence-electron chi connectivity index (χ4n) is 1.59. The highest BCUT2D eigenvalue weighted by Gasteiger charge is 2.08. The number of hydrogen-bond donors (Lipinski definition) is 1. The van der Waals surface area contributed by atoms with Crippen molar-refractivity contribution in [2.45, 2.75) is 13.0 Å². The quantitative estimate of drug-likeness (QED) is 0.522. The molecule has 0 radical (unpaired) electrons. The van der Waals surface area contributed by atoms with E-state index in [4.69, 9.17) is 11.6 Å². The van der Waals surface area contributed by atoms with Crippen molar-refractivity contribution in [2.24, 2.45) is 0 Å². The Morgan fingerprint density at radius 1 is 1.33 bits per heavy atom. The molecule has 18 heavy (non-hydrogen) atoms. The van der Waals surface area contributed by atoms with Crippen LogP contribution in [0.5, 0.6) is 0 Å². The third-order valence-electron chi connectivity index (χ3n) is 2.55.